The van der Waals surface area contributed by atoms with E-state index in [1.807, 2.05) is 9.80 Å². The van der Waals surface area contributed by atoms with Crippen molar-refractivity contribution in [2.24, 2.45) is 5.92 Å². The van der Waals surface area contributed by atoms with E-state index in [-0.39, 0.29) is 30.3 Å². The molecule has 3 fully saturated rings. The zero-order valence-corrected chi connectivity index (χ0v) is 14.8. The van der Waals surface area contributed by atoms with Crippen molar-refractivity contribution in [2.75, 3.05) is 32.7 Å². The molecule has 2 heterocycles. The summed E-state index contributed by atoms with van der Waals surface area (Å²) in [5.74, 6) is 0.822. The smallest absolute Gasteiger partial charge is 0.239 e. The molecular weight excluding hydrogens is 314 g/mol. The van der Waals surface area contributed by atoms with Crippen LogP contribution in [-0.4, -0.2) is 60.4 Å². The maximum atomic E-state index is 12.5. The standard InChI is InChI=1S/C17H29N3O2.ClH/c21-16(14-6-2-1-3-7-14)19-10-12-20(13-11-19)17(22)15-8-4-5-9-18-15;/h14-15,18H,1-13H2;1H. The van der Waals surface area contributed by atoms with Crippen LogP contribution >= 0.6 is 12.4 Å². The molecule has 0 spiro atoms. The van der Waals surface area contributed by atoms with Gasteiger partial charge in [-0.25, -0.2) is 0 Å². The molecule has 3 rings (SSSR count). The topological polar surface area (TPSA) is 52.7 Å². The van der Waals surface area contributed by atoms with Gasteiger partial charge in [0.15, 0.2) is 0 Å². The molecule has 1 N–H and O–H groups in total. The second-order valence-electron chi connectivity index (χ2n) is 6.99. The lowest BCUT2D eigenvalue weighted by atomic mass is 9.88. The lowest BCUT2D eigenvalue weighted by Crippen LogP contribution is -2.56. The van der Waals surface area contributed by atoms with Crippen LogP contribution in [0.1, 0.15) is 51.4 Å². The third-order valence-corrected chi connectivity index (χ3v) is 5.47. The van der Waals surface area contributed by atoms with E-state index < -0.39 is 0 Å². The summed E-state index contributed by atoms with van der Waals surface area (Å²) < 4.78 is 0. The quantitative estimate of drug-likeness (QED) is 0.831. The van der Waals surface area contributed by atoms with E-state index in [4.69, 9.17) is 0 Å². The lowest BCUT2D eigenvalue weighted by Gasteiger charge is -2.39. The van der Waals surface area contributed by atoms with Crippen LogP contribution in [0.5, 0.6) is 0 Å². The van der Waals surface area contributed by atoms with Gasteiger partial charge in [-0.15, -0.1) is 12.4 Å². The van der Waals surface area contributed by atoms with Crippen LogP contribution in [0, 0.1) is 5.92 Å². The van der Waals surface area contributed by atoms with Crippen LogP contribution in [0.4, 0.5) is 0 Å². The number of carbonyl (C=O) groups excluding carboxylic acids is 2. The van der Waals surface area contributed by atoms with Crippen LogP contribution in [-0.2, 0) is 9.59 Å². The predicted octanol–water partition coefficient (Wildman–Crippen LogP) is 1.80. The van der Waals surface area contributed by atoms with E-state index in [1.54, 1.807) is 0 Å². The fourth-order valence-corrected chi connectivity index (χ4v) is 4.04. The Balaban J connectivity index is 0.00000192. The number of carbonyl (C=O) groups is 2. The highest BCUT2D eigenvalue weighted by Crippen LogP contribution is 2.26. The minimum Gasteiger partial charge on any atom is -0.339 e. The van der Waals surface area contributed by atoms with E-state index in [0.717, 1.165) is 32.2 Å². The van der Waals surface area contributed by atoms with Gasteiger partial charge in [-0.1, -0.05) is 25.7 Å². The third-order valence-electron chi connectivity index (χ3n) is 5.47. The first kappa shape index (κ1) is 18.5. The molecule has 1 aliphatic carbocycles. The molecule has 1 unspecified atom stereocenters. The summed E-state index contributed by atoms with van der Waals surface area (Å²) in [7, 11) is 0. The average molecular weight is 344 g/mol. The maximum absolute atomic E-state index is 12.5. The van der Waals surface area contributed by atoms with Crippen LogP contribution in [0.2, 0.25) is 0 Å². The normalized spacial score (nSPS) is 26.5. The fraction of sp³-hybridized carbons (Fsp3) is 0.882. The van der Waals surface area contributed by atoms with E-state index >= 15 is 0 Å². The minimum atomic E-state index is 0. The molecule has 1 saturated carbocycles. The van der Waals surface area contributed by atoms with Gasteiger partial charge in [0.05, 0.1) is 6.04 Å². The molecule has 2 aliphatic heterocycles. The van der Waals surface area contributed by atoms with Gasteiger partial charge in [-0.05, 0) is 32.2 Å². The van der Waals surface area contributed by atoms with Gasteiger partial charge in [0.2, 0.25) is 11.8 Å². The zero-order chi connectivity index (χ0) is 15.4. The van der Waals surface area contributed by atoms with Crippen LogP contribution in [0.15, 0.2) is 0 Å². The van der Waals surface area contributed by atoms with Gasteiger partial charge in [-0.3, -0.25) is 9.59 Å². The minimum absolute atomic E-state index is 0. The zero-order valence-electron chi connectivity index (χ0n) is 14.0. The Hall–Kier alpha value is -0.810. The summed E-state index contributed by atoms with van der Waals surface area (Å²) in [5.41, 5.74) is 0. The van der Waals surface area contributed by atoms with Crippen molar-refractivity contribution >= 4 is 24.2 Å². The summed E-state index contributed by atoms with van der Waals surface area (Å²) in [6, 6.07) is 0.00865. The summed E-state index contributed by atoms with van der Waals surface area (Å²) in [5, 5.41) is 3.33. The monoisotopic (exact) mass is 343 g/mol. The highest BCUT2D eigenvalue weighted by Gasteiger charge is 2.32. The summed E-state index contributed by atoms with van der Waals surface area (Å²) in [4.78, 5) is 29.0. The van der Waals surface area contributed by atoms with Gasteiger partial charge in [-0.2, -0.15) is 0 Å². The van der Waals surface area contributed by atoms with Crippen molar-refractivity contribution in [1.82, 2.24) is 15.1 Å². The first-order valence-electron chi connectivity index (χ1n) is 9.06. The molecule has 3 aliphatic rings. The Morgan fingerprint density at radius 3 is 1.87 bits per heavy atom. The predicted molar refractivity (Wildman–Crippen MR) is 92.6 cm³/mol. The molecule has 0 bridgehead atoms. The number of piperazine rings is 1. The van der Waals surface area contributed by atoms with E-state index in [2.05, 4.69) is 5.32 Å². The average Bonchev–Trinajstić information content (AvgIpc) is 2.62. The molecule has 0 aromatic rings. The Morgan fingerprint density at radius 1 is 0.739 bits per heavy atom. The van der Waals surface area contributed by atoms with Crippen molar-refractivity contribution in [1.29, 1.82) is 0 Å². The number of halogens is 1. The number of nitrogens with zero attached hydrogens (tertiary/aromatic N) is 2. The number of hydrogen-bond donors (Lipinski definition) is 1. The molecule has 23 heavy (non-hydrogen) atoms. The third kappa shape index (κ3) is 4.60. The molecular formula is C17H30ClN3O2. The van der Waals surface area contributed by atoms with E-state index in [9.17, 15) is 9.59 Å². The molecule has 132 valence electrons. The molecule has 2 saturated heterocycles. The largest absolute Gasteiger partial charge is 0.339 e. The van der Waals surface area contributed by atoms with Crippen molar-refractivity contribution in [3.8, 4) is 0 Å². The Morgan fingerprint density at radius 2 is 1.30 bits per heavy atom. The second kappa shape index (κ2) is 8.88. The Bertz CT molecular complexity index is 361. The van der Waals surface area contributed by atoms with E-state index in [0.29, 0.717) is 32.1 Å². The Kier molecular flexibility index (Phi) is 7.15. The second-order valence-corrected chi connectivity index (χ2v) is 6.99. The molecule has 1 atom stereocenters. The maximum Gasteiger partial charge on any atom is 0.239 e. The first-order chi connectivity index (χ1) is 10.8. The molecule has 5 nitrogen and oxygen atoms in total. The summed E-state index contributed by atoms with van der Waals surface area (Å²) >= 11 is 0. The van der Waals surface area contributed by atoms with Crippen LogP contribution in [0.25, 0.3) is 0 Å². The first-order valence-corrected chi connectivity index (χ1v) is 9.06. The van der Waals surface area contributed by atoms with Gasteiger partial charge in [0.1, 0.15) is 0 Å². The molecule has 0 radical (unpaired) electrons. The molecule has 0 aromatic carbocycles. The number of hydrogen-bond acceptors (Lipinski definition) is 3. The van der Waals surface area contributed by atoms with Crippen molar-refractivity contribution in [2.45, 2.75) is 57.4 Å². The highest BCUT2D eigenvalue weighted by molar-refractivity contribution is 5.85. The van der Waals surface area contributed by atoms with Gasteiger partial charge < -0.3 is 15.1 Å². The van der Waals surface area contributed by atoms with Crippen LogP contribution < -0.4 is 5.32 Å². The lowest BCUT2D eigenvalue weighted by molar-refractivity contribution is -0.144. The van der Waals surface area contributed by atoms with Crippen molar-refractivity contribution in [3.63, 3.8) is 0 Å². The van der Waals surface area contributed by atoms with Gasteiger partial charge in [0, 0.05) is 32.1 Å². The Labute approximate surface area is 145 Å². The van der Waals surface area contributed by atoms with Gasteiger partial charge >= 0.3 is 0 Å². The van der Waals surface area contributed by atoms with E-state index in [1.165, 1.54) is 25.7 Å². The summed E-state index contributed by atoms with van der Waals surface area (Å²) in [6.07, 6.45) is 9.07. The fourth-order valence-electron chi connectivity index (χ4n) is 4.04. The number of amides is 2. The van der Waals surface area contributed by atoms with Crippen molar-refractivity contribution < 1.29 is 9.59 Å². The van der Waals surface area contributed by atoms with Crippen molar-refractivity contribution in [3.05, 3.63) is 0 Å². The van der Waals surface area contributed by atoms with Crippen LogP contribution in [0.3, 0.4) is 0 Å². The summed E-state index contributed by atoms with van der Waals surface area (Å²) in [6.45, 7) is 3.79. The van der Waals surface area contributed by atoms with Gasteiger partial charge in [0.25, 0.3) is 0 Å². The number of piperidine rings is 1. The molecule has 6 heteroatoms. The number of nitrogens with one attached hydrogen (secondary N) is 1. The SMILES string of the molecule is Cl.O=C(C1CCCCC1)N1CCN(C(=O)C2CCCCN2)CC1. The molecule has 2 amide bonds. The molecule has 0 aromatic heterocycles. The number of rotatable bonds is 2. The highest BCUT2D eigenvalue weighted by atomic mass is 35.5.